The highest BCUT2D eigenvalue weighted by atomic mass is 17.1. The van der Waals surface area contributed by atoms with Crippen LogP contribution in [0.2, 0.25) is 0 Å². The summed E-state index contributed by atoms with van der Waals surface area (Å²) >= 11 is 0. The average molecular weight is 132 g/mol. The van der Waals surface area contributed by atoms with Crippen molar-refractivity contribution in [3.63, 3.8) is 0 Å². The summed E-state index contributed by atoms with van der Waals surface area (Å²) in [6, 6.07) is 0. The monoisotopic (exact) mass is 132 g/mol. The number of ether oxygens (including phenoxy) is 1. The minimum Gasteiger partial charge on any atom is -0.501 e. The van der Waals surface area contributed by atoms with Gasteiger partial charge >= 0.3 is 0 Å². The smallest absolute Gasteiger partial charge is 0.0936 e. The molecule has 0 aromatic rings. The summed E-state index contributed by atoms with van der Waals surface area (Å²) in [5.74, 6) is 0.657. The van der Waals surface area contributed by atoms with Gasteiger partial charge in [-0.25, -0.2) is 4.89 Å². The summed E-state index contributed by atoms with van der Waals surface area (Å²) in [4.78, 5) is 3.89. The third kappa shape index (κ3) is 3.11. The molecule has 1 unspecified atom stereocenters. The fourth-order valence-corrected chi connectivity index (χ4v) is 0.406. The summed E-state index contributed by atoms with van der Waals surface area (Å²) in [5, 5.41) is 7.98. The zero-order valence-corrected chi connectivity index (χ0v) is 5.76. The van der Waals surface area contributed by atoms with E-state index in [9.17, 15) is 0 Å². The van der Waals surface area contributed by atoms with Crippen LogP contribution in [0.5, 0.6) is 0 Å². The van der Waals surface area contributed by atoms with Crippen molar-refractivity contribution in [1.29, 1.82) is 0 Å². The van der Waals surface area contributed by atoms with Crippen LogP contribution >= 0.6 is 0 Å². The highest BCUT2D eigenvalue weighted by Gasteiger charge is 2.05. The Morgan fingerprint density at radius 1 is 1.78 bits per heavy atom. The first kappa shape index (κ1) is 8.46. The molecule has 0 aliphatic carbocycles. The molecule has 0 fully saturated rings. The molecule has 0 heterocycles. The van der Waals surface area contributed by atoms with E-state index in [1.807, 2.05) is 6.92 Å². The number of methoxy groups -OCH3 is 1. The Kier molecular flexibility index (Phi) is 4.09. The van der Waals surface area contributed by atoms with Crippen LogP contribution in [0.1, 0.15) is 6.92 Å². The standard InChI is InChI=1S/C6H12O3/c1-5(4-9-7)6(2)8-3/h5,7H,2,4H2,1,3H3. The maximum absolute atomic E-state index is 7.98. The molecule has 0 amide bonds. The lowest BCUT2D eigenvalue weighted by atomic mass is 10.2. The van der Waals surface area contributed by atoms with Crippen LogP contribution in [-0.4, -0.2) is 19.0 Å². The summed E-state index contributed by atoms with van der Waals surface area (Å²) in [5.41, 5.74) is 0. The van der Waals surface area contributed by atoms with Gasteiger partial charge in [0.05, 0.1) is 19.5 Å². The molecule has 0 aromatic carbocycles. The Morgan fingerprint density at radius 3 is 2.67 bits per heavy atom. The van der Waals surface area contributed by atoms with Crippen molar-refractivity contribution < 1.29 is 14.9 Å². The highest BCUT2D eigenvalue weighted by Crippen LogP contribution is 2.07. The van der Waals surface area contributed by atoms with E-state index in [-0.39, 0.29) is 12.5 Å². The van der Waals surface area contributed by atoms with Crippen molar-refractivity contribution >= 4 is 0 Å². The molecule has 0 spiro atoms. The molecule has 9 heavy (non-hydrogen) atoms. The second-order valence-corrected chi connectivity index (χ2v) is 1.87. The van der Waals surface area contributed by atoms with Gasteiger partial charge in [-0.05, 0) is 0 Å². The van der Waals surface area contributed by atoms with Crippen molar-refractivity contribution in [2.45, 2.75) is 6.92 Å². The van der Waals surface area contributed by atoms with Crippen LogP contribution in [0, 0.1) is 5.92 Å². The summed E-state index contributed by atoms with van der Waals surface area (Å²) in [6.07, 6.45) is 0. The third-order valence-corrected chi connectivity index (χ3v) is 1.14. The summed E-state index contributed by atoms with van der Waals surface area (Å²) < 4.78 is 4.78. The van der Waals surface area contributed by atoms with E-state index in [2.05, 4.69) is 11.5 Å². The van der Waals surface area contributed by atoms with Gasteiger partial charge in [0.15, 0.2) is 0 Å². The lowest BCUT2D eigenvalue weighted by molar-refractivity contribution is -0.249. The van der Waals surface area contributed by atoms with Crippen LogP contribution in [-0.2, 0) is 9.62 Å². The maximum atomic E-state index is 7.98. The van der Waals surface area contributed by atoms with Crippen LogP contribution in [0.3, 0.4) is 0 Å². The molecule has 3 nitrogen and oxygen atoms in total. The Labute approximate surface area is 54.8 Å². The molecule has 1 N–H and O–H groups in total. The number of hydrogen-bond acceptors (Lipinski definition) is 3. The Bertz CT molecular complexity index is 90.3. The molecule has 3 heteroatoms. The van der Waals surface area contributed by atoms with E-state index in [0.29, 0.717) is 5.76 Å². The molecule has 0 aromatic heterocycles. The van der Waals surface area contributed by atoms with Crippen LogP contribution < -0.4 is 0 Å². The minimum atomic E-state index is 0.0417. The zero-order chi connectivity index (χ0) is 7.28. The molecule has 0 bridgehead atoms. The van der Waals surface area contributed by atoms with E-state index < -0.39 is 0 Å². The average Bonchev–Trinajstić information content (AvgIpc) is 1.87. The normalized spacial score (nSPS) is 12.8. The largest absolute Gasteiger partial charge is 0.501 e. The Balaban J connectivity index is 3.45. The Morgan fingerprint density at radius 2 is 2.33 bits per heavy atom. The SMILES string of the molecule is C=C(OC)C(C)COO. The van der Waals surface area contributed by atoms with E-state index in [1.54, 1.807) is 0 Å². The third-order valence-electron chi connectivity index (χ3n) is 1.14. The van der Waals surface area contributed by atoms with Gasteiger partial charge in [0.2, 0.25) is 0 Å². The first-order chi connectivity index (χ1) is 4.22. The second kappa shape index (κ2) is 4.35. The van der Waals surface area contributed by atoms with Crippen LogP contribution in [0.4, 0.5) is 0 Å². The quantitative estimate of drug-likeness (QED) is 0.355. The number of rotatable bonds is 4. The summed E-state index contributed by atoms with van der Waals surface area (Å²) in [7, 11) is 1.54. The van der Waals surface area contributed by atoms with Gasteiger partial charge in [-0.1, -0.05) is 13.5 Å². The molecule has 0 saturated carbocycles. The van der Waals surface area contributed by atoms with Gasteiger partial charge < -0.3 is 4.74 Å². The van der Waals surface area contributed by atoms with Crippen LogP contribution in [0.25, 0.3) is 0 Å². The Hall–Kier alpha value is -0.540. The zero-order valence-electron chi connectivity index (χ0n) is 5.76. The molecule has 54 valence electrons. The minimum absolute atomic E-state index is 0.0417. The van der Waals surface area contributed by atoms with E-state index in [4.69, 9.17) is 9.99 Å². The fraction of sp³-hybridized carbons (Fsp3) is 0.667. The predicted molar refractivity (Wildman–Crippen MR) is 33.9 cm³/mol. The predicted octanol–water partition coefficient (Wildman–Crippen LogP) is 1.27. The van der Waals surface area contributed by atoms with Gasteiger partial charge in [-0.3, -0.25) is 5.26 Å². The van der Waals surface area contributed by atoms with E-state index >= 15 is 0 Å². The van der Waals surface area contributed by atoms with Gasteiger partial charge in [-0.15, -0.1) is 0 Å². The van der Waals surface area contributed by atoms with Crippen molar-refractivity contribution in [2.75, 3.05) is 13.7 Å². The lowest BCUT2D eigenvalue weighted by Gasteiger charge is -2.09. The topological polar surface area (TPSA) is 38.7 Å². The molecule has 0 aliphatic rings. The molecule has 0 rings (SSSR count). The summed E-state index contributed by atoms with van der Waals surface area (Å²) in [6.45, 7) is 5.66. The van der Waals surface area contributed by atoms with Crippen molar-refractivity contribution in [3.8, 4) is 0 Å². The van der Waals surface area contributed by atoms with Crippen molar-refractivity contribution in [2.24, 2.45) is 5.92 Å². The molecule has 0 radical (unpaired) electrons. The van der Waals surface area contributed by atoms with Gasteiger partial charge in [-0.2, -0.15) is 0 Å². The van der Waals surface area contributed by atoms with Crippen LogP contribution in [0.15, 0.2) is 12.3 Å². The fourth-order valence-electron chi connectivity index (χ4n) is 0.406. The highest BCUT2D eigenvalue weighted by molar-refractivity contribution is 4.87. The van der Waals surface area contributed by atoms with E-state index in [0.717, 1.165) is 0 Å². The molecular weight excluding hydrogens is 120 g/mol. The lowest BCUT2D eigenvalue weighted by Crippen LogP contribution is -2.07. The number of hydrogen-bond donors (Lipinski definition) is 1. The molecule has 0 saturated heterocycles. The van der Waals surface area contributed by atoms with Crippen molar-refractivity contribution in [1.82, 2.24) is 0 Å². The second-order valence-electron chi connectivity index (χ2n) is 1.87. The molecular formula is C6H12O3. The van der Waals surface area contributed by atoms with Crippen molar-refractivity contribution in [3.05, 3.63) is 12.3 Å². The maximum Gasteiger partial charge on any atom is 0.0936 e. The van der Waals surface area contributed by atoms with Gasteiger partial charge in [0, 0.05) is 5.92 Å². The first-order valence-corrected chi connectivity index (χ1v) is 2.71. The van der Waals surface area contributed by atoms with Gasteiger partial charge in [0.1, 0.15) is 0 Å². The van der Waals surface area contributed by atoms with Gasteiger partial charge in [0.25, 0.3) is 0 Å². The molecule has 1 atom stereocenters. The van der Waals surface area contributed by atoms with E-state index in [1.165, 1.54) is 7.11 Å². The first-order valence-electron chi connectivity index (χ1n) is 2.71. The molecule has 0 aliphatic heterocycles.